The van der Waals surface area contributed by atoms with E-state index in [1.165, 1.54) is 17.0 Å². The molecule has 0 aliphatic rings. The number of aromatic nitrogens is 2. The molecule has 0 atom stereocenters. The molecule has 0 saturated heterocycles. The molecule has 1 aromatic heterocycles. The lowest BCUT2D eigenvalue weighted by atomic mass is 10.0. The van der Waals surface area contributed by atoms with Gasteiger partial charge in [0.1, 0.15) is 7.11 Å². The Morgan fingerprint density at radius 3 is 2.52 bits per heavy atom. The smallest absolute Gasteiger partial charge is 0.269 e. The van der Waals surface area contributed by atoms with E-state index in [9.17, 15) is 10.1 Å². The van der Waals surface area contributed by atoms with Crippen LogP contribution in [0.15, 0.2) is 24.3 Å². The van der Waals surface area contributed by atoms with Crippen molar-refractivity contribution in [2.24, 2.45) is 0 Å². The quantitative estimate of drug-likeness (QED) is 0.605. The summed E-state index contributed by atoms with van der Waals surface area (Å²) in [6.07, 6.45) is 2.59. The first-order chi connectivity index (χ1) is 10.1. The van der Waals surface area contributed by atoms with Gasteiger partial charge in [-0.2, -0.15) is 0 Å². The van der Waals surface area contributed by atoms with Gasteiger partial charge < -0.3 is 4.84 Å². The first kappa shape index (κ1) is 15.0. The first-order valence-corrected chi connectivity index (χ1v) is 6.92. The van der Waals surface area contributed by atoms with Crippen LogP contribution in [0, 0.1) is 17.0 Å². The zero-order valence-corrected chi connectivity index (χ0v) is 12.5. The van der Waals surface area contributed by atoms with E-state index in [0.29, 0.717) is 6.42 Å². The van der Waals surface area contributed by atoms with Gasteiger partial charge in [0, 0.05) is 24.1 Å². The Balaban J connectivity index is 2.29. The maximum atomic E-state index is 10.7. The van der Waals surface area contributed by atoms with E-state index < -0.39 is 0 Å². The van der Waals surface area contributed by atoms with Crippen LogP contribution in [0.2, 0.25) is 0 Å². The standard InChI is InChI=1S/C15H19N3O3/c1-4-5-15-14(11(2)17(16-15)21-3)10-12-6-8-13(9-7-12)18(19)20/h6-9H,4-5,10H2,1-3H3. The van der Waals surface area contributed by atoms with Crippen molar-refractivity contribution in [1.29, 1.82) is 0 Å². The largest absolute Gasteiger partial charge is 0.400 e. The number of nitrogens with zero attached hydrogens (tertiary/aromatic N) is 3. The lowest BCUT2D eigenvalue weighted by molar-refractivity contribution is -0.384. The summed E-state index contributed by atoms with van der Waals surface area (Å²) in [5.41, 5.74) is 4.26. The fourth-order valence-electron chi connectivity index (χ4n) is 2.35. The number of nitro groups is 1. The molecule has 0 unspecified atom stereocenters. The van der Waals surface area contributed by atoms with Crippen molar-refractivity contribution in [2.75, 3.05) is 7.11 Å². The van der Waals surface area contributed by atoms with Gasteiger partial charge in [-0.05, 0) is 18.9 Å². The zero-order chi connectivity index (χ0) is 15.4. The molecule has 6 nitrogen and oxygen atoms in total. The molecule has 2 aromatic rings. The maximum Gasteiger partial charge on any atom is 0.269 e. The van der Waals surface area contributed by atoms with Crippen molar-refractivity contribution in [1.82, 2.24) is 9.94 Å². The highest BCUT2D eigenvalue weighted by atomic mass is 16.7. The fourth-order valence-corrected chi connectivity index (χ4v) is 2.35. The summed E-state index contributed by atoms with van der Waals surface area (Å²) in [7, 11) is 1.59. The van der Waals surface area contributed by atoms with Crippen LogP contribution in [-0.2, 0) is 12.8 Å². The van der Waals surface area contributed by atoms with E-state index in [4.69, 9.17) is 4.84 Å². The summed E-state index contributed by atoms with van der Waals surface area (Å²) in [5, 5.41) is 15.1. The number of hydrogen-bond acceptors (Lipinski definition) is 4. The summed E-state index contributed by atoms with van der Waals surface area (Å²) in [4.78, 5) is 17.0. The molecule has 0 aliphatic heterocycles. The van der Waals surface area contributed by atoms with Crippen LogP contribution in [0.25, 0.3) is 0 Å². The second-order valence-electron chi connectivity index (χ2n) is 4.92. The van der Waals surface area contributed by atoms with Crippen LogP contribution in [0.3, 0.4) is 0 Å². The number of rotatable bonds is 6. The molecular formula is C15H19N3O3. The van der Waals surface area contributed by atoms with E-state index >= 15 is 0 Å². The molecule has 2 rings (SSSR count). The van der Waals surface area contributed by atoms with Gasteiger partial charge in [0.25, 0.3) is 5.69 Å². The highest BCUT2D eigenvalue weighted by Crippen LogP contribution is 2.21. The molecule has 0 fully saturated rings. The molecule has 0 aliphatic carbocycles. The number of benzene rings is 1. The SMILES string of the molecule is CCCc1nn(OC)c(C)c1Cc1ccc([N+](=O)[O-])cc1. The van der Waals surface area contributed by atoms with Crippen molar-refractivity contribution in [3.63, 3.8) is 0 Å². The second-order valence-corrected chi connectivity index (χ2v) is 4.92. The molecule has 1 heterocycles. The molecule has 6 heteroatoms. The highest BCUT2D eigenvalue weighted by molar-refractivity contribution is 5.37. The maximum absolute atomic E-state index is 10.7. The van der Waals surface area contributed by atoms with Crippen LogP contribution >= 0.6 is 0 Å². The van der Waals surface area contributed by atoms with Crippen molar-refractivity contribution in [2.45, 2.75) is 33.1 Å². The topological polar surface area (TPSA) is 70.2 Å². The molecule has 0 N–H and O–H groups in total. The van der Waals surface area contributed by atoms with Gasteiger partial charge in [0.15, 0.2) is 0 Å². The van der Waals surface area contributed by atoms with Crippen molar-refractivity contribution in [3.8, 4) is 0 Å². The van der Waals surface area contributed by atoms with Crippen molar-refractivity contribution in [3.05, 3.63) is 56.9 Å². The molecule has 0 amide bonds. The average Bonchev–Trinajstić information content (AvgIpc) is 2.77. The summed E-state index contributed by atoms with van der Waals surface area (Å²) >= 11 is 0. The minimum Gasteiger partial charge on any atom is -0.400 e. The molecule has 0 radical (unpaired) electrons. The Morgan fingerprint density at radius 2 is 2.00 bits per heavy atom. The number of nitro benzene ring substituents is 1. The highest BCUT2D eigenvalue weighted by Gasteiger charge is 2.15. The normalized spacial score (nSPS) is 10.6. The number of hydrogen-bond donors (Lipinski definition) is 0. The third-order valence-corrected chi connectivity index (χ3v) is 3.47. The first-order valence-electron chi connectivity index (χ1n) is 6.92. The van der Waals surface area contributed by atoms with E-state index in [0.717, 1.165) is 35.4 Å². The fraction of sp³-hybridized carbons (Fsp3) is 0.400. The van der Waals surface area contributed by atoms with E-state index in [1.54, 1.807) is 19.2 Å². The average molecular weight is 289 g/mol. The summed E-state index contributed by atoms with van der Waals surface area (Å²) in [6.45, 7) is 4.08. The molecule has 0 saturated carbocycles. The molecule has 21 heavy (non-hydrogen) atoms. The van der Waals surface area contributed by atoms with E-state index in [-0.39, 0.29) is 10.6 Å². The van der Waals surface area contributed by atoms with Crippen molar-refractivity contribution >= 4 is 5.69 Å². The summed E-state index contributed by atoms with van der Waals surface area (Å²) in [6, 6.07) is 6.64. The molecule has 1 aromatic carbocycles. The van der Waals surface area contributed by atoms with Gasteiger partial charge in [0.2, 0.25) is 0 Å². The Kier molecular flexibility index (Phi) is 4.57. The monoisotopic (exact) mass is 289 g/mol. The lowest BCUT2D eigenvalue weighted by Gasteiger charge is -2.04. The van der Waals surface area contributed by atoms with Crippen LogP contribution < -0.4 is 4.84 Å². The molecule has 112 valence electrons. The molecule has 0 bridgehead atoms. The number of aryl methyl sites for hydroxylation is 1. The minimum atomic E-state index is -0.388. The van der Waals surface area contributed by atoms with Gasteiger partial charge in [0.05, 0.1) is 16.3 Å². The van der Waals surface area contributed by atoms with Gasteiger partial charge in [-0.25, -0.2) is 0 Å². The Morgan fingerprint density at radius 1 is 1.33 bits per heavy atom. The lowest BCUT2D eigenvalue weighted by Crippen LogP contribution is -2.09. The zero-order valence-electron chi connectivity index (χ0n) is 12.5. The van der Waals surface area contributed by atoms with E-state index in [1.807, 2.05) is 6.92 Å². The van der Waals surface area contributed by atoms with E-state index in [2.05, 4.69) is 12.0 Å². The Labute approximate surface area is 123 Å². The van der Waals surface area contributed by atoms with Crippen molar-refractivity contribution < 1.29 is 9.76 Å². The van der Waals surface area contributed by atoms with Crippen LogP contribution in [0.1, 0.15) is 35.9 Å². The number of non-ortho nitro benzene ring substituents is 1. The van der Waals surface area contributed by atoms with Gasteiger partial charge in [-0.3, -0.25) is 10.1 Å². The van der Waals surface area contributed by atoms with Crippen LogP contribution in [0.4, 0.5) is 5.69 Å². The molecular weight excluding hydrogens is 270 g/mol. The van der Waals surface area contributed by atoms with Crippen LogP contribution in [0.5, 0.6) is 0 Å². The second kappa shape index (κ2) is 6.39. The Bertz CT molecular complexity index is 632. The van der Waals surface area contributed by atoms with Crippen LogP contribution in [-0.4, -0.2) is 22.0 Å². The Hall–Kier alpha value is -2.37. The minimum absolute atomic E-state index is 0.108. The van der Waals surface area contributed by atoms with Gasteiger partial charge in [-0.1, -0.05) is 25.5 Å². The molecule has 0 spiro atoms. The predicted molar refractivity (Wildman–Crippen MR) is 79.4 cm³/mol. The summed E-state index contributed by atoms with van der Waals surface area (Å²) < 4.78 is 0. The third-order valence-electron chi connectivity index (χ3n) is 3.47. The third kappa shape index (κ3) is 3.21. The predicted octanol–water partition coefficient (Wildman–Crippen LogP) is 2.70. The van der Waals surface area contributed by atoms with Gasteiger partial charge >= 0.3 is 0 Å². The summed E-state index contributed by atoms with van der Waals surface area (Å²) in [5.74, 6) is 0. The van der Waals surface area contributed by atoms with Gasteiger partial charge in [-0.15, -0.1) is 9.94 Å².